The molecule has 0 aliphatic rings. The molecule has 0 fully saturated rings. The van der Waals surface area contributed by atoms with Gasteiger partial charge in [-0.2, -0.15) is 0 Å². The molecular formula is C12H18Cl2N-. The van der Waals surface area contributed by atoms with Gasteiger partial charge in [-0.05, 0) is 0 Å². The molecule has 0 aliphatic heterocycles. The average Bonchev–Trinajstić information content (AvgIpc) is 2.15. The summed E-state index contributed by atoms with van der Waals surface area (Å²) in [5.41, 5.74) is 1.39. The zero-order valence-electron chi connectivity index (χ0n) is 9.21. The molecule has 0 saturated carbocycles. The van der Waals surface area contributed by atoms with E-state index in [9.17, 15) is 0 Å². The first-order chi connectivity index (χ1) is 6.25. The van der Waals surface area contributed by atoms with E-state index >= 15 is 0 Å². The molecule has 86 valence electrons. The Hall–Kier alpha value is -0.500. The fourth-order valence-electron chi connectivity index (χ4n) is 1.56. The summed E-state index contributed by atoms with van der Waals surface area (Å²) in [6.07, 6.45) is 3.02. The van der Waals surface area contributed by atoms with Crippen molar-refractivity contribution in [1.29, 1.82) is 0 Å². The van der Waals surface area contributed by atoms with Crippen LogP contribution in [0.2, 0.25) is 0 Å². The maximum Gasteiger partial charge on any atom is 0.116 e. The normalized spacial score (nSPS) is 11.1. The van der Waals surface area contributed by atoms with Gasteiger partial charge < -0.3 is 29.7 Å². The Morgan fingerprint density at radius 3 is 2.13 bits per heavy atom. The van der Waals surface area contributed by atoms with Gasteiger partial charge >= 0.3 is 0 Å². The lowest BCUT2D eigenvalue weighted by atomic mass is 10.0. The van der Waals surface area contributed by atoms with Crippen LogP contribution in [0.5, 0.6) is 0 Å². The molecule has 1 unspecified atom stereocenters. The largest absolute Gasteiger partial charge is 1.00 e. The van der Waals surface area contributed by atoms with E-state index in [4.69, 9.17) is 0 Å². The molecule has 15 heavy (non-hydrogen) atoms. The number of halogens is 2. The Labute approximate surface area is 105 Å². The second-order valence-electron chi connectivity index (χ2n) is 3.56. The van der Waals surface area contributed by atoms with Gasteiger partial charge in [0.2, 0.25) is 0 Å². The lowest BCUT2D eigenvalue weighted by Crippen LogP contribution is -3.06. The van der Waals surface area contributed by atoms with Gasteiger partial charge in [-0.25, -0.2) is 0 Å². The summed E-state index contributed by atoms with van der Waals surface area (Å²) in [5.74, 6) is 0. The molecular weight excluding hydrogens is 229 g/mol. The van der Waals surface area contributed by atoms with E-state index in [2.05, 4.69) is 51.0 Å². The van der Waals surface area contributed by atoms with Gasteiger partial charge in [-0.1, -0.05) is 36.4 Å². The fraction of sp³-hybridized carbons (Fsp3) is 0.333. The summed E-state index contributed by atoms with van der Waals surface area (Å²) in [6, 6.07) is 11.1. The van der Waals surface area contributed by atoms with Crippen LogP contribution in [-0.4, -0.2) is 14.1 Å². The Morgan fingerprint density at radius 1 is 1.20 bits per heavy atom. The monoisotopic (exact) mass is 246 g/mol. The van der Waals surface area contributed by atoms with E-state index in [0.29, 0.717) is 6.04 Å². The quantitative estimate of drug-likeness (QED) is 0.511. The van der Waals surface area contributed by atoms with E-state index in [1.807, 2.05) is 6.08 Å². The van der Waals surface area contributed by atoms with Crippen LogP contribution in [0.3, 0.4) is 0 Å². The minimum atomic E-state index is 0. The summed E-state index contributed by atoms with van der Waals surface area (Å²) in [7, 11) is 4.36. The zero-order chi connectivity index (χ0) is 9.68. The average molecular weight is 247 g/mol. The number of rotatable bonds is 4. The van der Waals surface area contributed by atoms with E-state index in [1.54, 1.807) is 0 Å². The smallest absolute Gasteiger partial charge is 0.116 e. The van der Waals surface area contributed by atoms with Crippen molar-refractivity contribution >= 4 is 0 Å². The number of hydrogen-bond acceptors (Lipinski definition) is 0. The number of quaternary nitrogens is 1. The highest BCUT2D eigenvalue weighted by molar-refractivity contribution is 5.17. The minimum Gasteiger partial charge on any atom is -1.00 e. The first-order valence-electron chi connectivity index (χ1n) is 4.71. The molecule has 1 aromatic rings. The zero-order valence-corrected chi connectivity index (χ0v) is 10.7. The molecule has 1 aromatic carbocycles. The summed E-state index contributed by atoms with van der Waals surface area (Å²) in [4.78, 5) is 1.45. The number of nitrogens with one attached hydrogen (secondary N) is 1. The van der Waals surface area contributed by atoms with E-state index in [-0.39, 0.29) is 24.8 Å². The highest BCUT2D eigenvalue weighted by Crippen LogP contribution is 2.12. The predicted octanol–water partition coefficient (Wildman–Crippen LogP) is -4.54. The standard InChI is InChI=1S/C12H17N.2ClH/c1-4-8-12(13(2)3)11-9-6-5-7-10-11;;/h4-7,9-10,12H,1,8H2,2-3H3;2*1H/p-1. The first-order valence-corrected chi connectivity index (χ1v) is 4.71. The molecule has 3 heteroatoms. The van der Waals surface area contributed by atoms with Crippen LogP contribution >= 0.6 is 0 Å². The number of benzene rings is 1. The number of hydrogen-bond donors (Lipinski definition) is 1. The topological polar surface area (TPSA) is 4.44 Å². The summed E-state index contributed by atoms with van der Waals surface area (Å²) in [6.45, 7) is 3.80. The molecule has 0 aromatic heterocycles. The van der Waals surface area contributed by atoms with Crippen LogP contribution < -0.4 is 29.7 Å². The van der Waals surface area contributed by atoms with Crippen LogP contribution in [0.4, 0.5) is 0 Å². The summed E-state index contributed by atoms with van der Waals surface area (Å²) >= 11 is 0. The highest BCUT2D eigenvalue weighted by atomic mass is 35.5. The molecule has 1 nitrogen and oxygen atoms in total. The molecule has 0 radical (unpaired) electrons. The third kappa shape index (κ3) is 5.22. The lowest BCUT2D eigenvalue weighted by Gasteiger charge is -2.20. The maximum absolute atomic E-state index is 3.80. The van der Waals surface area contributed by atoms with Crippen molar-refractivity contribution in [1.82, 2.24) is 0 Å². The van der Waals surface area contributed by atoms with E-state index < -0.39 is 0 Å². The van der Waals surface area contributed by atoms with Crippen LogP contribution in [0.25, 0.3) is 0 Å². The predicted molar refractivity (Wildman–Crippen MR) is 56.8 cm³/mol. The van der Waals surface area contributed by atoms with Gasteiger partial charge in [-0.3, -0.25) is 0 Å². The molecule has 1 N–H and O–H groups in total. The Bertz CT molecular complexity index is 260. The molecule has 0 bridgehead atoms. The maximum atomic E-state index is 3.80. The second kappa shape index (κ2) is 8.78. The van der Waals surface area contributed by atoms with Gasteiger partial charge in [0.05, 0.1) is 14.1 Å². The lowest BCUT2D eigenvalue weighted by molar-refractivity contribution is -0.892. The molecule has 1 atom stereocenters. The van der Waals surface area contributed by atoms with Crippen molar-refractivity contribution in [2.45, 2.75) is 12.5 Å². The van der Waals surface area contributed by atoms with Crippen LogP contribution in [-0.2, 0) is 0 Å². The minimum absolute atomic E-state index is 0. The van der Waals surface area contributed by atoms with E-state index in [1.165, 1.54) is 10.5 Å². The fourth-order valence-corrected chi connectivity index (χ4v) is 1.56. The Balaban J connectivity index is 0. The van der Waals surface area contributed by atoms with Crippen molar-refractivity contribution in [3.63, 3.8) is 0 Å². The molecule has 0 saturated heterocycles. The molecule has 0 heterocycles. The highest BCUT2D eigenvalue weighted by Gasteiger charge is 2.14. The van der Waals surface area contributed by atoms with Gasteiger partial charge in [-0.15, -0.1) is 6.58 Å². The van der Waals surface area contributed by atoms with Crippen LogP contribution in [0.1, 0.15) is 18.0 Å². The SMILES string of the molecule is C=CCC(c1ccccc1)[NH+](C)C.[Cl-].[Cl-]. The van der Waals surface area contributed by atoms with Gasteiger partial charge in [0.25, 0.3) is 0 Å². The van der Waals surface area contributed by atoms with Gasteiger partial charge in [0.15, 0.2) is 0 Å². The Kier molecular flexibility index (Phi) is 9.90. The van der Waals surface area contributed by atoms with Gasteiger partial charge in [0, 0.05) is 12.0 Å². The van der Waals surface area contributed by atoms with Crippen molar-refractivity contribution in [3.05, 3.63) is 48.6 Å². The summed E-state index contributed by atoms with van der Waals surface area (Å²) in [5, 5.41) is 0. The summed E-state index contributed by atoms with van der Waals surface area (Å²) < 4.78 is 0. The van der Waals surface area contributed by atoms with Crippen LogP contribution in [0.15, 0.2) is 43.0 Å². The second-order valence-corrected chi connectivity index (χ2v) is 3.56. The van der Waals surface area contributed by atoms with Gasteiger partial charge in [0.1, 0.15) is 6.04 Å². The van der Waals surface area contributed by atoms with Crippen molar-refractivity contribution < 1.29 is 29.7 Å². The molecule has 0 amide bonds. The van der Waals surface area contributed by atoms with Crippen LogP contribution in [0, 0.1) is 0 Å². The Morgan fingerprint density at radius 2 is 1.73 bits per heavy atom. The third-order valence-electron chi connectivity index (χ3n) is 2.30. The van der Waals surface area contributed by atoms with Crippen molar-refractivity contribution in [2.75, 3.05) is 14.1 Å². The first kappa shape index (κ1) is 16.9. The van der Waals surface area contributed by atoms with Crippen molar-refractivity contribution in [3.8, 4) is 0 Å². The molecule has 1 rings (SSSR count). The van der Waals surface area contributed by atoms with E-state index in [0.717, 1.165) is 6.42 Å². The molecule has 0 aliphatic carbocycles. The molecule has 0 spiro atoms. The van der Waals surface area contributed by atoms with Crippen molar-refractivity contribution in [2.24, 2.45) is 0 Å². The third-order valence-corrected chi connectivity index (χ3v) is 2.30.